The van der Waals surface area contributed by atoms with Crippen LogP contribution < -0.4 is 10.3 Å². The highest BCUT2D eigenvalue weighted by atomic mass is 16.5. The maximum atomic E-state index is 14.0. The molecule has 42 heavy (non-hydrogen) atoms. The Morgan fingerprint density at radius 1 is 0.881 bits per heavy atom. The molecule has 0 saturated carbocycles. The first-order chi connectivity index (χ1) is 20.4. The van der Waals surface area contributed by atoms with Gasteiger partial charge >= 0.3 is 0 Å². The fraction of sp³-hybridized carbons (Fsp3) is 0.583. The van der Waals surface area contributed by atoms with Crippen LogP contribution in [0.5, 0.6) is 5.75 Å². The van der Waals surface area contributed by atoms with Gasteiger partial charge in [0.2, 0.25) is 5.91 Å². The van der Waals surface area contributed by atoms with Crippen molar-refractivity contribution in [2.75, 3.05) is 13.7 Å². The Bertz CT molecular complexity index is 1320. The summed E-state index contributed by atoms with van der Waals surface area (Å²) in [5.74, 6) is 1.31. The molecule has 1 amide bonds. The number of aromatic nitrogens is 2. The second-order valence-electron chi connectivity index (χ2n) is 11.7. The van der Waals surface area contributed by atoms with E-state index in [1.54, 1.807) is 11.7 Å². The summed E-state index contributed by atoms with van der Waals surface area (Å²) in [6.45, 7) is 9.12. The Balaban J connectivity index is 1.89. The molecule has 0 aliphatic heterocycles. The Hall–Kier alpha value is -3.15. The van der Waals surface area contributed by atoms with Crippen LogP contribution in [0, 0.1) is 6.92 Å². The second-order valence-corrected chi connectivity index (χ2v) is 11.7. The average Bonchev–Trinajstić information content (AvgIpc) is 3.00. The van der Waals surface area contributed by atoms with Gasteiger partial charge in [0, 0.05) is 13.0 Å². The topological polar surface area (TPSA) is 64.4 Å². The first-order valence-corrected chi connectivity index (χ1v) is 16.4. The molecule has 1 unspecified atom stereocenters. The van der Waals surface area contributed by atoms with Crippen LogP contribution in [0.25, 0.3) is 16.6 Å². The first kappa shape index (κ1) is 33.4. The first-order valence-electron chi connectivity index (χ1n) is 16.4. The lowest BCUT2D eigenvalue weighted by Crippen LogP contribution is -2.38. The van der Waals surface area contributed by atoms with E-state index >= 15 is 0 Å². The van der Waals surface area contributed by atoms with Crippen molar-refractivity contribution in [3.05, 3.63) is 64.2 Å². The molecule has 6 heteroatoms. The maximum absolute atomic E-state index is 14.0. The lowest BCUT2D eigenvalue weighted by molar-refractivity contribution is -0.133. The summed E-state index contributed by atoms with van der Waals surface area (Å²) >= 11 is 0. The number of unbranched alkanes of at least 4 members (excludes halogenated alkanes) is 11. The minimum Gasteiger partial charge on any atom is -0.495 e. The Morgan fingerprint density at radius 3 is 2.17 bits per heavy atom. The molecular formula is C36H53N3O3. The third-order valence-corrected chi connectivity index (χ3v) is 8.29. The number of hydrogen-bond donors (Lipinski definition) is 0. The number of methoxy groups -OCH3 is 1. The van der Waals surface area contributed by atoms with E-state index in [-0.39, 0.29) is 17.5 Å². The highest BCUT2D eigenvalue weighted by Gasteiger charge is 2.27. The van der Waals surface area contributed by atoms with Crippen LogP contribution in [0.2, 0.25) is 0 Å². The fourth-order valence-corrected chi connectivity index (χ4v) is 5.75. The number of nitrogens with zero attached hydrogens (tertiary/aromatic N) is 3. The number of fused-ring (bicyclic) bond motifs is 1. The van der Waals surface area contributed by atoms with Gasteiger partial charge in [0.15, 0.2) is 0 Å². The van der Waals surface area contributed by atoms with Crippen molar-refractivity contribution < 1.29 is 9.53 Å². The molecule has 1 atom stereocenters. The Morgan fingerprint density at radius 2 is 1.50 bits per heavy atom. The molecule has 0 aliphatic rings. The average molecular weight is 576 g/mol. The zero-order valence-electron chi connectivity index (χ0n) is 26.8. The summed E-state index contributed by atoms with van der Waals surface area (Å²) in [5.41, 5.74) is 2.16. The largest absolute Gasteiger partial charge is 0.495 e. The Labute approximate surface area is 253 Å². The van der Waals surface area contributed by atoms with Crippen LogP contribution in [0.3, 0.4) is 0 Å². The van der Waals surface area contributed by atoms with E-state index in [1.807, 2.05) is 61.2 Å². The van der Waals surface area contributed by atoms with Crippen molar-refractivity contribution in [2.24, 2.45) is 0 Å². The molecule has 6 nitrogen and oxygen atoms in total. The summed E-state index contributed by atoms with van der Waals surface area (Å²) in [4.78, 5) is 34.8. The second kappa shape index (κ2) is 17.7. The molecule has 0 bridgehead atoms. The van der Waals surface area contributed by atoms with Crippen molar-refractivity contribution in [3.63, 3.8) is 0 Å². The van der Waals surface area contributed by atoms with Gasteiger partial charge in [-0.15, -0.1) is 0 Å². The van der Waals surface area contributed by atoms with Crippen molar-refractivity contribution in [3.8, 4) is 11.4 Å². The van der Waals surface area contributed by atoms with Crippen molar-refractivity contribution in [2.45, 2.75) is 124 Å². The van der Waals surface area contributed by atoms with E-state index in [0.29, 0.717) is 41.1 Å². The summed E-state index contributed by atoms with van der Waals surface area (Å²) < 4.78 is 7.37. The van der Waals surface area contributed by atoms with Crippen LogP contribution in [-0.2, 0) is 4.79 Å². The monoisotopic (exact) mass is 575 g/mol. The van der Waals surface area contributed by atoms with E-state index < -0.39 is 0 Å². The van der Waals surface area contributed by atoms with E-state index in [9.17, 15) is 9.59 Å². The normalized spacial score (nSPS) is 12.0. The van der Waals surface area contributed by atoms with E-state index in [2.05, 4.69) is 13.8 Å². The fourth-order valence-electron chi connectivity index (χ4n) is 5.75. The van der Waals surface area contributed by atoms with E-state index in [4.69, 9.17) is 9.72 Å². The molecule has 3 aromatic rings. The lowest BCUT2D eigenvalue weighted by Gasteiger charge is -2.31. The van der Waals surface area contributed by atoms with Gasteiger partial charge in [0.25, 0.3) is 5.56 Å². The molecule has 230 valence electrons. The minimum atomic E-state index is -0.375. The van der Waals surface area contributed by atoms with Crippen molar-refractivity contribution in [1.82, 2.24) is 14.5 Å². The van der Waals surface area contributed by atoms with Crippen molar-refractivity contribution in [1.29, 1.82) is 0 Å². The predicted octanol–water partition coefficient (Wildman–Crippen LogP) is 9.09. The molecule has 0 N–H and O–H groups in total. The Kier molecular flexibility index (Phi) is 14.1. The number of carbonyl (C=O) groups is 1. The van der Waals surface area contributed by atoms with Crippen molar-refractivity contribution >= 4 is 16.8 Å². The minimum absolute atomic E-state index is 0.145. The number of benzene rings is 2. The highest BCUT2D eigenvalue weighted by Crippen LogP contribution is 2.29. The SMILES string of the molecule is CCCCCCCCCCCC(=O)N(CCCCCC)C(C)c1nc2ccccc2c(=O)n1-c1cc(C)ccc1OC. The van der Waals surface area contributed by atoms with E-state index in [0.717, 1.165) is 44.1 Å². The number of ether oxygens (including phenoxy) is 1. The molecule has 0 spiro atoms. The summed E-state index contributed by atoms with van der Waals surface area (Å²) in [6, 6.07) is 12.9. The lowest BCUT2D eigenvalue weighted by atomic mass is 10.1. The van der Waals surface area contributed by atoms with Gasteiger partial charge in [0.05, 0.1) is 29.7 Å². The van der Waals surface area contributed by atoms with Gasteiger partial charge in [-0.25, -0.2) is 4.98 Å². The van der Waals surface area contributed by atoms with Gasteiger partial charge < -0.3 is 9.64 Å². The van der Waals surface area contributed by atoms with Gasteiger partial charge in [0.1, 0.15) is 11.6 Å². The summed E-state index contributed by atoms with van der Waals surface area (Å²) in [6.07, 6.45) is 15.8. The highest BCUT2D eigenvalue weighted by molar-refractivity contribution is 5.79. The number of hydrogen-bond acceptors (Lipinski definition) is 4. The molecule has 0 radical (unpaired) electrons. The van der Waals surface area contributed by atoms with Gasteiger partial charge in [-0.3, -0.25) is 14.2 Å². The molecular weight excluding hydrogens is 522 g/mol. The van der Waals surface area contributed by atoms with Gasteiger partial charge in [-0.2, -0.15) is 0 Å². The molecule has 1 heterocycles. The third-order valence-electron chi connectivity index (χ3n) is 8.29. The van der Waals surface area contributed by atoms with Crippen LogP contribution in [-0.4, -0.2) is 34.0 Å². The van der Waals surface area contributed by atoms with Gasteiger partial charge in [-0.05, 0) is 56.5 Å². The number of carbonyl (C=O) groups excluding carboxylic acids is 1. The summed E-state index contributed by atoms with van der Waals surface area (Å²) in [5, 5.41) is 0.549. The van der Waals surface area contributed by atoms with Crippen LogP contribution in [0.15, 0.2) is 47.3 Å². The van der Waals surface area contributed by atoms with Gasteiger partial charge in [-0.1, -0.05) is 103 Å². The maximum Gasteiger partial charge on any atom is 0.266 e. The quantitative estimate of drug-likeness (QED) is 0.134. The molecule has 3 rings (SSSR count). The molecule has 0 aliphatic carbocycles. The third kappa shape index (κ3) is 9.17. The van der Waals surface area contributed by atoms with E-state index in [1.165, 1.54) is 44.9 Å². The number of para-hydroxylation sites is 1. The van der Waals surface area contributed by atoms with Crippen LogP contribution in [0.4, 0.5) is 0 Å². The molecule has 2 aromatic carbocycles. The number of amides is 1. The number of rotatable bonds is 19. The molecule has 0 saturated heterocycles. The predicted molar refractivity (Wildman–Crippen MR) is 175 cm³/mol. The van der Waals surface area contributed by atoms with Crippen LogP contribution >= 0.6 is 0 Å². The summed E-state index contributed by atoms with van der Waals surface area (Å²) in [7, 11) is 1.62. The standard InChI is InChI=1S/C36H53N3O3/c1-6-8-10-12-13-14-15-16-17-23-34(40)38(26-20-11-9-7-2)29(4)35-37-31-22-19-18-21-30(31)36(41)39(35)32-27-28(3)24-25-33(32)42-5/h18-19,21-22,24-25,27,29H,6-17,20,23,26H2,1-5H3. The molecule has 0 fully saturated rings. The zero-order chi connectivity index (χ0) is 30.3. The van der Waals surface area contributed by atoms with Crippen LogP contribution in [0.1, 0.15) is 128 Å². The zero-order valence-corrected chi connectivity index (χ0v) is 26.8. The number of aryl methyl sites for hydroxylation is 1. The molecule has 1 aromatic heterocycles. The smallest absolute Gasteiger partial charge is 0.266 e.